The van der Waals surface area contributed by atoms with Crippen molar-refractivity contribution in [3.05, 3.63) is 0 Å². The highest BCUT2D eigenvalue weighted by atomic mass is 16.2. The monoisotopic (exact) mass is 223 g/mol. The Morgan fingerprint density at radius 1 is 1.19 bits per heavy atom. The van der Waals surface area contributed by atoms with Crippen molar-refractivity contribution in [1.29, 1.82) is 0 Å². The van der Waals surface area contributed by atoms with Crippen molar-refractivity contribution in [3.8, 4) is 0 Å². The zero-order chi connectivity index (χ0) is 11.0. The third-order valence-corrected chi connectivity index (χ3v) is 4.32. The lowest BCUT2D eigenvalue weighted by molar-refractivity contribution is 0.194. The third-order valence-electron chi connectivity index (χ3n) is 4.32. The van der Waals surface area contributed by atoms with Crippen LogP contribution in [-0.4, -0.2) is 42.6 Å². The lowest BCUT2D eigenvalue weighted by atomic mass is 9.93. The molecule has 3 fully saturated rings. The second kappa shape index (κ2) is 4.24. The molecule has 0 aromatic heterocycles. The topological polar surface area (TPSA) is 44.4 Å². The van der Waals surface area contributed by atoms with Gasteiger partial charge in [-0.25, -0.2) is 4.79 Å². The first-order chi connectivity index (χ1) is 7.83. The first-order valence-corrected chi connectivity index (χ1v) is 6.62. The number of urea groups is 1. The molecule has 2 amide bonds. The highest BCUT2D eigenvalue weighted by Gasteiger charge is 2.37. The van der Waals surface area contributed by atoms with Gasteiger partial charge in [0.1, 0.15) is 0 Å². The summed E-state index contributed by atoms with van der Waals surface area (Å²) in [7, 11) is 0. The van der Waals surface area contributed by atoms with Crippen molar-refractivity contribution in [1.82, 2.24) is 15.5 Å². The first-order valence-electron chi connectivity index (χ1n) is 6.62. The molecule has 90 valence electrons. The average molecular weight is 223 g/mol. The van der Waals surface area contributed by atoms with Crippen molar-refractivity contribution in [3.63, 3.8) is 0 Å². The molecule has 2 saturated heterocycles. The van der Waals surface area contributed by atoms with Gasteiger partial charge >= 0.3 is 6.03 Å². The van der Waals surface area contributed by atoms with Crippen LogP contribution in [0, 0.1) is 5.92 Å². The van der Waals surface area contributed by atoms with Gasteiger partial charge in [-0.05, 0) is 44.6 Å². The van der Waals surface area contributed by atoms with Crippen LogP contribution in [-0.2, 0) is 0 Å². The number of piperidine rings is 1. The van der Waals surface area contributed by atoms with Gasteiger partial charge in [-0.3, -0.25) is 0 Å². The quantitative estimate of drug-likeness (QED) is 0.694. The molecule has 0 aromatic carbocycles. The minimum Gasteiger partial charge on any atom is -0.335 e. The fourth-order valence-electron chi connectivity index (χ4n) is 3.03. The summed E-state index contributed by atoms with van der Waals surface area (Å²) in [5.74, 6) is 0.695. The van der Waals surface area contributed by atoms with Crippen LogP contribution in [0.15, 0.2) is 0 Å². The van der Waals surface area contributed by atoms with Gasteiger partial charge in [-0.2, -0.15) is 0 Å². The Hall–Kier alpha value is -0.770. The van der Waals surface area contributed by atoms with E-state index >= 15 is 0 Å². The van der Waals surface area contributed by atoms with E-state index in [1.807, 2.05) is 4.90 Å². The maximum absolute atomic E-state index is 12.0. The van der Waals surface area contributed by atoms with E-state index in [0.717, 1.165) is 19.6 Å². The lowest BCUT2D eigenvalue weighted by Crippen LogP contribution is -2.47. The molecular formula is C12H21N3O. The van der Waals surface area contributed by atoms with Crippen molar-refractivity contribution in [2.45, 2.75) is 44.2 Å². The van der Waals surface area contributed by atoms with E-state index in [1.165, 1.54) is 32.1 Å². The Bertz CT molecular complexity index is 263. The highest BCUT2D eigenvalue weighted by Crippen LogP contribution is 2.25. The number of likely N-dealkylation sites (tertiary alicyclic amines) is 1. The molecule has 1 aliphatic carbocycles. The standard InChI is InChI=1S/C12H21N3O/c16-12(14-10-4-1-5-10)15-7-9-3-2-6-13-11(9)8-15/h9-11,13H,1-8H2,(H,14,16)/t9-,11+/m0/s1. The van der Waals surface area contributed by atoms with E-state index in [4.69, 9.17) is 0 Å². The molecule has 2 atom stereocenters. The number of nitrogens with zero attached hydrogens (tertiary/aromatic N) is 1. The first kappa shape index (κ1) is 10.4. The fraction of sp³-hybridized carbons (Fsp3) is 0.917. The summed E-state index contributed by atoms with van der Waals surface area (Å²) < 4.78 is 0. The van der Waals surface area contributed by atoms with Gasteiger partial charge < -0.3 is 15.5 Å². The van der Waals surface area contributed by atoms with E-state index in [1.54, 1.807) is 0 Å². The van der Waals surface area contributed by atoms with Gasteiger partial charge in [0.05, 0.1) is 0 Å². The van der Waals surface area contributed by atoms with E-state index in [9.17, 15) is 4.79 Å². The van der Waals surface area contributed by atoms with E-state index in [2.05, 4.69) is 10.6 Å². The Kier molecular flexibility index (Phi) is 2.75. The van der Waals surface area contributed by atoms with E-state index < -0.39 is 0 Å². The van der Waals surface area contributed by atoms with Crippen LogP contribution in [0.3, 0.4) is 0 Å². The molecule has 2 N–H and O–H groups in total. The molecule has 0 spiro atoms. The molecular weight excluding hydrogens is 202 g/mol. The third kappa shape index (κ3) is 1.90. The largest absolute Gasteiger partial charge is 0.335 e. The summed E-state index contributed by atoms with van der Waals surface area (Å²) >= 11 is 0. The van der Waals surface area contributed by atoms with Crippen LogP contribution in [0.25, 0.3) is 0 Å². The number of fused-ring (bicyclic) bond motifs is 1. The normalized spacial score (nSPS) is 34.4. The molecule has 0 radical (unpaired) electrons. The smallest absolute Gasteiger partial charge is 0.317 e. The zero-order valence-electron chi connectivity index (χ0n) is 9.74. The van der Waals surface area contributed by atoms with Gasteiger partial charge in [-0.1, -0.05) is 0 Å². The number of carbonyl (C=O) groups excluding carboxylic acids is 1. The number of hydrogen-bond acceptors (Lipinski definition) is 2. The van der Waals surface area contributed by atoms with Crippen LogP contribution in [0.1, 0.15) is 32.1 Å². The van der Waals surface area contributed by atoms with Gasteiger partial charge in [0, 0.05) is 25.2 Å². The van der Waals surface area contributed by atoms with E-state index in [-0.39, 0.29) is 6.03 Å². The minimum absolute atomic E-state index is 0.167. The maximum Gasteiger partial charge on any atom is 0.317 e. The molecule has 16 heavy (non-hydrogen) atoms. The lowest BCUT2D eigenvalue weighted by Gasteiger charge is -2.29. The van der Waals surface area contributed by atoms with Gasteiger partial charge in [0.15, 0.2) is 0 Å². The molecule has 0 bridgehead atoms. The number of hydrogen-bond donors (Lipinski definition) is 2. The summed E-state index contributed by atoms with van der Waals surface area (Å²) in [6.07, 6.45) is 6.16. The SMILES string of the molecule is O=C(NC1CCC1)N1C[C@@H]2CCCN[C@@H]2C1. The fourth-order valence-corrected chi connectivity index (χ4v) is 3.03. The van der Waals surface area contributed by atoms with Gasteiger partial charge in [-0.15, -0.1) is 0 Å². The van der Waals surface area contributed by atoms with Crippen molar-refractivity contribution < 1.29 is 4.79 Å². The Balaban J connectivity index is 1.53. The molecule has 0 unspecified atom stereocenters. The second-order valence-corrected chi connectivity index (χ2v) is 5.45. The average Bonchev–Trinajstić information content (AvgIpc) is 2.66. The molecule has 4 heteroatoms. The summed E-state index contributed by atoms with van der Waals surface area (Å²) in [4.78, 5) is 14.0. The molecule has 2 aliphatic heterocycles. The van der Waals surface area contributed by atoms with Crippen LogP contribution < -0.4 is 10.6 Å². The molecule has 3 rings (SSSR count). The Morgan fingerprint density at radius 2 is 2.06 bits per heavy atom. The van der Waals surface area contributed by atoms with Crippen molar-refractivity contribution in [2.75, 3.05) is 19.6 Å². The number of amides is 2. The van der Waals surface area contributed by atoms with Crippen LogP contribution in [0.2, 0.25) is 0 Å². The van der Waals surface area contributed by atoms with Crippen LogP contribution in [0.5, 0.6) is 0 Å². The maximum atomic E-state index is 12.0. The number of carbonyl (C=O) groups is 1. The highest BCUT2D eigenvalue weighted by molar-refractivity contribution is 5.75. The summed E-state index contributed by atoms with van der Waals surface area (Å²) in [6.45, 7) is 2.98. The van der Waals surface area contributed by atoms with Gasteiger partial charge in [0.25, 0.3) is 0 Å². The second-order valence-electron chi connectivity index (χ2n) is 5.45. The molecule has 3 aliphatic rings. The summed E-state index contributed by atoms with van der Waals surface area (Å²) in [6, 6.07) is 1.19. The predicted octanol–water partition coefficient (Wildman–Crippen LogP) is 0.932. The number of rotatable bonds is 1. The van der Waals surface area contributed by atoms with Crippen LogP contribution >= 0.6 is 0 Å². The Morgan fingerprint density at radius 3 is 2.75 bits per heavy atom. The van der Waals surface area contributed by atoms with Gasteiger partial charge in [0.2, 0.25) is 0 Å². The minimum atomic E-state index is 0.167. The van der Waals surface area contributed by atoms with Crippen molar-refractivity contribution >= 4 is 6.03 Å². The number of nitrogens with one attached hydrogen (secondary N) is 2. The summed E-state index contributed by atoms with van der Waals surface area (Å²) in [5, 5.41) is 6.65. The predicted molar refractivity (Wildman–Crippen MR) is 62.3 cm³/mol. The molecule has 2 heterocycles. The molecule has 4 nitrogen and oxygen atoms in total. The Labute approximate surface area is 96.8 Å². The molecule has 0 aromatic rings. The zero-order valence-corrected chi connectivity index (χ0v) is 9.74. The van der Waals surface area contributed by atoms with Crippen molar-refractivity contribution in [2.24, 2.45) is 5.92 Å². The van der Waals surface area contributed by atoms with Crippen LogP contribution in [0.4, 0.5) is 4.79 Å². The van der Waals surface area contributed by atoms with E-state index in [0.29, 0.717) is 18.0 Å². The summed E-state index contributed by atoms with van der Waals surface area (Å²) in [5.41, 5.74) is 0. The molecule has 1 saturated carbocycles.